The predicted octanol–water partition coefficient (Wildman–Crippen LogP) is 4.44. The van der Waals surface area contributed by atoms with Crippen LogP contribution in [0, 0.1) is 25.2 Å². The molecule has 0 unspecified atom stereocenters. The average molecular weight is 364 g/mol. The van der Waals surface area contributed by atoms with E-state index < -0.39 is 5.91 Å². The normalized spacial score (nSPS) is 10.5. The number of hydrogen-bond donors (Lipinski definition) is 1. The Hall–Kier alpha value is -3.03. The number of hydrogen-bond acceptors (Lipinski definition) is 2. The number of primary amides is 1. The van der Waals surface area contributed by atoms with Gasteiger partial charge in [-0.25, -0.2) is 0 Å². The van der Waals surface area contributed by atoms with Crippen LogP contribution >= 0.6 is 11.6 Å². The van der Waals surface area contributed by atoms with Gasteiger partial charge < -0.3 is 10.3 Å². The second-order valence-electron chi connectivity index (χ2n) is 6.19. The zero-order valence-electron chi connectivity index (χ0n) is 14.6. The summed E-state index contributed by atoms with van der Waals surface area (Å²) in [6.45, 7) is 4.46. The Kier molecular flexibility index (Phi) is 4.83. The zero-order chi connectivity index (χ0) is 18.8. The molecular weight excluding hydrogens is 346 g/mol. The second-order valence-corrected chi connectivity index (χ2v) is 6.63. The number of nitrogens with zero attached hydrogens (tertiary/aromatic N) is 2. The van der Waals surface area contributed by atoms with Crippen LogP contribution in [0.1, 0.15) is 32.9 Å². The molecule has 0 spiro atoms. The molecule has 4 nitrogen and oxygen atoms in total. The molecule has 0 aliphatic heterocycles. The van der Waals surface area contributed by atoms with Gasteiger partial charge in [-0.3, -0.25) is 4.79 Å². The van der Waals surface area contributed by atoms with E-state index in [-0.39, 0.29) is 0 Å². The number of nitriles is 1. The number of amides is 1. The Morgan fingerprint density at radius 3 is 2.42 bits per heavy atom. The molecule has 2 N–H and O–H groups in total. The molecule has 0 aliphatic rings. The van der Waals surface area contributed by atoms with Crippen LogP contribution in [0.15, 0.2) is 48.5 Å². The molecule has 130 valence electrons. The van der Waals surface area contributed by atoms with Gasteiger partial charge in [0.25, 0.3) is 5.91 Å². The average Bonchev–Trinajstić information content (AvgIpc) is 2.86. The number of carbonyl (C=O) groups excluding carboxylic acids is 1. The fourth-order valence-corrected chi connectivity index (χ4v) is 3.52. The van der Waals surface area contributed by atoms with Crippen molar-refractivity contribution in [3.05, 3.63) is 81.6 Å². The third kappa shape index (κ3) is 3.22. The lowest BCUT2D eigenvalue weighted by molar-refractivity contribution is 0.1000. The van der Waals surface area contributed by atoms with Crippen LogP contribution in [0.3, 0.4) is 0 Å². The molecule has 26 heavy (non-hydrogen) atoms. The van der Waals surface area contributed by atoms with Gasteiger partial charge in [-0.1, -0.05) is 35.9 Å². The van der Waals surface area contributed by atoms with Crippen LogP contribution < -0.4 is 5.73 Å². The van der Waals surface area contributed by atoms with Crippen LogP contribution in [-0.2, 0) is 6.54 Å². The number of aromatic nitrogens is 1. The standard InChI is InChI=1S/C21H18ClN3O/c1-13-19(17-8-6-15(11-23)7-9-17)20(21(24)26)14(2)25(13)12-16-4-3-5-18(22)10-16/h3-10H,12H2,1-2H3,(H2,24,26). The summed E-state index contributed by atoms with van der Waals surface area (Å²) >= 11 is 6.09. The molecule has 0 bridgehead atoms. The van der Waals surface area contributed by atoms with E-state index in [1.165, 1.54) is 0 Å². The highest BCUT2D eigenvalue weighted by Crippen LogP contribution is 2.33. The van der Waals surface area contributed by atoms with Crippen molar-refractivity contribution in [1.29, 1.82) is 5.26 Å². The Morgan fingerprint density at radius 2 is 1.85 bits per heavy atom. The Balaban J connectivity index is 2.15. The molecule has 1 aromatic heterocycles. The monoisotopic (exact) mass is 363 g/mol. The summed E-state index contributed by atoms with van der Waals surface area (Å²) in [6.07, 6.45) is 0. The maximum absolute atomic E-state index is 12.1. The topological polar surface area (TPSA) is 71.8 Å². The second kappa shape index (κ2) is 7.07. The molecule has 0 fully saturated rings. The fourth-order valence-electron chi connectivity index (χ4n) is 3.30. The molecule has 0 radical (unpaired) electrons. The Morgan fingerprint density at radius 1 is 1.15 bits per heavy atom. The first-order valence-corrected chi connectivity index (χ1v) is 8.54. The summed E-state index contributed by atoms with van der Waals surface area (Å²) in [5, 5.41) is 9.67. The minimum Gasteiger partial charge on any atom is -0.366 e. The van der Waals surface area contributed by atoms with Crippen molar-refractivity contribution < 1.29 is 4.79 Å². The van der Waals surface area contributed by atoms with Crippen molar-refractivity contribution in [3.63, 3.8) is 0 Å². The van der Waals surface area contributed by atoms with E-state index in [4.69, 9.17) is 22.6 Å². The van der Waals surface area contributed by atoms with Crippen LogP contribution in [0.2, 0.25) is 5.02 Å². The molecule has 5 heteroatoms. The molecule has 0 saturated heterocycles. The van der Waals surface area contributed by atoms with Gasteiger partial charge in [0, 0.05) is 28.5 Å². The highest BCUT2D eigenvalue weighted by atomic mass is 35.5. The van der Waals surface area contributed by atoms with Crippen molar-refractivity contribution in [2.24, 2.45) is 5.73 Å². The van der Waals surface area contributed by atoms with Crippen LogP contribution in [0.4, 0.5) is 0 Å². The molecule has 0 atom stereocenters. The summed E-state index contributed by atoms with van der Waals surface area (Å²) in [6, 6.07) is 16.9. The summed E-state index contributed by atoms with van der Waals surface area (Å²) in [4.78, 5) is 12.1. The van der Waals surface area contributed by atoms with Crippen molar-refractivity contribution in [1.82, 2.24) is 4.57 Å². The van der Waals surface area contributed by atoms with E-state index >= 15 is 0 Å². The molecule has 1 amide bonds. The van der Waals surface area contributed by atoms with Gasteiger partial charge in [0.2, 0.25) is 0 Å². The van der Waals surface area contributed by atoms with Crippen LogP contribution in [0.25, 0.3) is 11.1 Å². The summed E-state index contributed by atoms with van der Waals surface area (Å²) in [5.41, 5.74) is 11.2. The molecule has 0 aliphatic carbocycles. The van der Waals surface area contributed by atoms with Crippen molar-refractivity contribution >= 4 is 17.5 Å². The first-order valence-electron chi connectivity index (χ1n) is 8.17. The highest BCUT2D eigenvalue weighted by Gasteiger charge is 2.22. The lowest BCUT2D eigenvalue weighted by Crippen LogP contribution is -2.13. The summed E-state index contributed by atoms with van der Waals surface area (Å²) in [7, 11) is 0. The van der Waals surface area contributed by atoms with Gasteiger partial charge in [0.1, 0.15) is 0 Å². The number of nitrogens with two attached hydrogens (primary N) is 1. The Labute approximate surface area is 157 Å². The number of halogens is 1. The van der Waals surface area contributed by atoms with Gasteiger partial charge in [0.05, 0.1) is 17.2 Å². The van der Waals surface area contributed by atoms with Crippen LogP contribution in [0.5, 0.6) is 0 Å². The molecule has 1 heterocycles. The maximum atomic E-state index is 12.1. The Bertz CT molecular complexity index is 1030. The number of carbonyl (C=O) groups is 1. The zero-order valence-corrected chi connectivity index (χ0v) is 15.3. The molecule has 3 rings (SSSR count). The van der Waals surface area contributed by atoms with Gasteiger partial charge in [-0.15, -0.1) is 0 Å². The molecule has 0 saturated carbocycles. The first-order chi connectivity index (χ1) is 12.4. The summed E-state index contributed by atoms with van der Waals surface area (Å²) in [5.74, 6) is -0.463. The van der Waals surface area contributed by atoms with E-state index in [2.05, 4.69) is 10.6 Å². The molecule has 2 aromatic carbocycles. The smallest absolute Gasteiger partial charge is 0.251 e. The lowest BCUT2D eigenvalue weighted by atomic mass is 9.99. The minimum atomic E-state index is -0.463. The molecular formula is C21H18ClN3O. The predicted molar refractivity (Wildman–Crippen MR) is 103 cm³/mol. The quantitative estimate of drug-likeness (QED) is 0.744. The maximum Gasteiger partial charge on any atom is 0.251 e. The third-order valence-electron chi connectivity index (χ3n) is 4.56. The SMILES string of the molecule is Cc1c(C(N)=O)c(-c2ccc(C#N)cc2)c(C)n1Cc1cccc(Cl)c1. The third-order valence-corrected chi connectivity index (χ3v) is 4.80. The first kappa shape index (κ1) is 17.8. The fraction of sp³-hybridized carbons (Fsp3) is 0.143. The van der Waals surface area contributed by atoms with Crippen molar-refractivity contribution in [2.75, 3.05) is 0 Å². The van der Waals surface area contributed by atoms with Gasteiger partial charge in [0.15, 0.2) is 0 Å². The minimum absolute atomic E-state index is 0.463. The van der Waals surface area contributed by atoms with E-state index in [1.54, 1.807) is 12.1 Å². The molecule has 3 aromatic rings. The van der Waals surface area contributed by atoms with Gasteiger partial charge >= 0.3 is 0 Å². The summed E-state index contributed by atoms with van der Waals surface area (Å²) < 4.78 is 2.07. The van der Waals surface area contributed by atoms with Crippen molar-refractivity contribution in [3.8, 4) is 17.2 Å². The van der Waals surface area contributed by atoms with E-state index in [0.717, 1.165) is 28.1 Å². The van der Waals surface area contributed by atoms with Crippen molar-refractivity contribution in [2.45, 2.75) is 20.4 Å². The highest BCUT2D eigenvalue weighted by molar-refractivity contribution is 6.30. The van der Waals surface area contributed by atoms with Gasteiger partial charge in [-0.05, 0) is 49.2 Å². The van der Waals surface area contributed by atoms with E-state index in [1.807, 2.05) is 50.2 Å². The van der Waals surface area contributed by atoms with E-state index in [9.17, 15) is 4.79 Å². The largest absolute Gasteiger partial charge is 0.366 e. The van der Waals surface area contributed by atoms with Crippen LogP contribution in [-0.4, -0.2) is 10.5 Å². The lowest BCUT2D eigenvalue weighted by Gasteiger charge is -2.10. The number of benzene rings is 2. The van der Waals surface area contributed by atoms with E-state index in [0.29, 0.717) is 22.7 Å². The van der Waals surface area contributed by atoms with Gasteiger partial charge in [-0.2, -0.15) is 5.26 Å². The number of rotatable bonds is 4.